The highest BCUT2D eigenvalue weighted by Gasteiger charge is 2.17. The molecule has 1 aromatic carbocycles. The molecule has 2 heterocycles. The van der Waals surface area contributed by atoms with Crippen molar-refractivity contribution < 1.29 is 4.42 Å². The second kappa shape index (κ2) is 5.13. The van der Waals surface area contributed by atoms with Crippen LogP contribution in [0.3, 0.4) is 0 Å². The van der Waals surface area contributed by atoms with Crippen LogP contribution < -0.4 is 5.73 Å². The maximum Gasteiger partial charge on any atom is 0.203 e. The quantitative estimate of drug-likeness (QED) is 0.802. The topological polar surface area (TPSA) is 64.9 Å². The fourth-order valence-corrected chi connectivity index (χ4v) is 2.87. The van der Waals surface area contributed by atoms with Gasteiger partial charge in [-0.05, 0) is 23.2 Å². The highest BCUT2D eigenvalue weighted by molar-refractivity contribution is 7.14. The molecule has 0 saturated carbocycles. The van der Waals surface area contributed by atoms with Crippen LogP contribution in [-0.4, -0.2) is 10.2 Å². The Morgan fingerprint density at radius 3 is 2.63 bits per heavy atom. The SMILES string of the molecule is NC(c1ccccc1)c1nnc(-c2ccoc2Cl)s1. The van der Waals surface area contributed by atoms with E-state index in [1.165, 1.54) is 17.6 Å². The Morgan fingerprint density at radius 2 is 1.95 bits per heavy atom. The van der Waals surface area contributed by atoms with Crippen molar-refractivity contribution in [2.24, 2.45) is 5.73 Å². The van der Waals surface area contributed by atoms with Crippen molar-refractivity contribution in [3.8, 4) is 10.6 Å². The van der Waals surface area contributed by atoms with Crippen molar-refractivity contribution in [1.29, 1.82) is 0 Å². The first-order valence-corrected chi connectivity index (χ1v) is 6.82. The van der Waals surface area contributed by atoms with Crippen LogP contribution in [0.25, 0.3) is 10.6 Å². The summed E-state index contributed by atoms with van der Waals surface area (Å²) in [4.78, 5) is 0. The highest BCUT2D eigenvalue weighted by Crippen LogP contribution is 2.33. The van der Waals surface area contributed by atoms with Crippen molar-refractivity contribution in [2.45, 2.75) is 6.04 Å². The molecule has 6 heteroatoms. The Hall–Kier alpha value is -1.69. The van der Waals surface area contributed by atoms with Gasteiger partial charge in [0, 0.05) is 0 Å². The van der Waals surface area contributed by atoms with Crippen molar-refractivity contribution >= 4 is 22.9 Å². The molecule has 4 nitrogen and oxygen atoms in total. The average Bonchev–Trinajstić information content (AvgIpc) is 3.07. The Balaban J connectivity index is 1.92. The molecule has 0 bridgehead atoms. The molecule has 3 rings (SSSR count). The molecule has 1 atom stereocenters. The van der Waals surface area contributed by atoms with Gasteiger partial charge in [0.05, 0.1) is 17.9 Å². The third kappa shape index (κ3) is 2.40. The molecule has 2 aromatic heterocycles. The van der Waals surface area contributed by atoms with Gasteiger partial charge in [-0.2, -0.15) is 0 Å². The molecule has 0 fully saturated rings. The first-order chi connectivity index (χ1) is 9.25. The molecule has 2 N–H and O–H groups in total. The molecule has 0 spiro atoms. The summed E-state index contributed by atoms with van der Waals surface area (Å²) in [6.07, 6.45) is 1.52. The van der Waals surface area contributed by atoms with E-state index < -0.39 is 0 Å². The molecule has 0 aliphatic heterocycles. The van der Waals surface area contributed by atoms with Crippen LogP contribution in [0, 0.1) is 0 Å². The van der Waals surface area contributed by atoms with Crippen molar-refractivity contribution in [3.63, 3.8) is 0 Å². The molecule has 0 radical (unpaired) electrons. The summed E-state index contributed by atoms with van der Waals surface area (Å²) in [6.45, 7) is 0. The van der Waals surface area contributed by atoms with Gasteiger partial charge < -0.3 is 10.2 Å². The maximum atomic E-state index is 6.17. The Bertz CT molecular complexity index is 680. The summed E-state index contributed by atoms with van der Waals surface area (Å²) in [5.74, 6) is 0. The summed E-state index contributed by atoms with van der Waals surface area (Å²) < 4.78 is 5.05. The summed E-state index contributed by atoms with van der Waals surface area (Å²) in [5.41, 5.74) is 7.92. The fraction of sp³-hybridized carbons (Fsp3) is 0.0769. The summed E-state index contributed by atoms with van der Waals surface area (Å²) in [5, 5.41) is 10.0. The number of halogens is 1. The third-order valence-corrected chi connectivity index (χ3v) is 4.05. The van der Waals surface area contributed by atoms with E-state index in [0.29, 0.717) is 10.2 Å². The van der Waals surface area contributed by atoms with Gasteiger partial charge in [0.1, 0.15) is 5.01 Å². The summed E-state index contributed by atoms with van der Waals surface area (Å²) in [7, 11) is 0. The van der Waals surface area contributed by atoms with Gasteiger partial charge in [-0.25, -0.2) is 0 Å². The minimum atomic E-state index is -0.280. The molecule has 19 heavy (non-hydrogen) atoms. The van der Waals surface area contributed by atoms with E-state index in [1.807, 2.05) is 30.3 Å². The fourth-order valence-electron chi connectivity index (χ4n) is 1.72. The van der Waals surface area contributed by atoms with Crippen molar-refractivity contribution in [3.05, 3.63) is 58.5 Å². The molecule has 0 aliphatic rings. The average molecular weight is 292 g/mol. The van der Waals surface area contributed by atoms with E-state index in [-0.39, 0.29) is 6.04 Å². The number of nitrogens with zero attached hydrogens (tertiary/aromatic N) is 2. The number of hydrogen-bond acceptors (Lipinski definition) is 5. The predicted octanol–water partition coefficient (Wildman–Crippen LogP) is 3.50. The van der Waals surface area contributed by atoms with Gasteiger partial charge in [-0.3, -0.25) is 0 Å². The predicted molar refractivity (Wildman–Crippen MR) is 75.1 cm³/mol. The molecule has 0 amide bonds. The molecule has 0 saturated heterocycles. The van der Waals surface area contributed by atoms with Gasteiger partial charge in [0.15, 0.2) is 5.01 Å². The first kappa shape index (κ1) is 12.3. The smallest absolute Gasteiger partial charge is 0.203 e. The van der Waals surface area contributed by atoms with Crippen LogP contribution >= 0.6 is 22.9 Å². The molecular weight excluding hydrogens is 282 g/mol. The van der Waals surface area contributed by atoms with Gasteiger partial charge in [0.2, 0.25) is 5.22 Å². The van der Waals surface area contributed by atoms with Crippen LogP contribution in [0.2, 0.25) is 5.22 Å². The zero-order chi connectivity index (χ0) is 13.2. The van der Waals surface area contributed by atoms with Gasteiger partial charge in [0.25, 0.3) is 0 Å². The van der Waals surface area contributed by atoms with E-state index >= 15 is 0 Å². The van der Waals surface area contributed by atoms with Crippen LogP contribution in [0.5, 0.6) is 0 Å². The van der Waals surface area contributed by atoms with Gasteiger partial charge in [-0.15, -0.1) is 10.2 Å². The van der Waals surface area contributed by atoms with Crippen LogP contribution in [-0.2, 0) is 0 Å². The number of nitrogens with two attached hydrogens (primary N) is 1. The highest BCUT2D eigenvalue weighted by atomic mass is 35.5. The number of furan rings is 1. The second-order valence-corrected chi connectivity index (χ2v) is 5.29. The lowest BCUT2D eigenvalue weighted by Gasteiger charge is -2.06. The van der Waals surface area contributed by atoms with E-state index in [9.17, 15) is 0 Å². The van der Waals surface area contributed by atoms with Crippen molar-refractivity contribution in [1.82, 2.24) is 10.2 Å². The van der Waals surface area contributed by atoms with Crippen LogP contribution in [0.15, 0.2) is 47.1 Å². The number of benzene rings is 1. The molecule has 96 valence electrons. The van der Waals surface area contributed by atoms with E-state index in [2.05, 4.69) is 10.2 Å². The minimum absolute atomic E-state index is 0.280. The second-order valence-electron chi connectivity index (χ2n) is 3.94. The zero-order valence-corrected chi connectivity index (χ0v) is 11.4. The normalized spacial score (nSPS) is 12.5. The Morgan fingerprint density at radius 1 is 1.16 bits per heavy atom. The number of aromatic nitrogens is 2. The molecule has 3 aromatic rings. The number of hydrogen-bond donors (Lipinski definition) is 1. The maximum absolute atomic E-state index is 6.17. The standard InChI is InChI=1S/C13H10ClN3OS/c14-11-9(6-7-18-11)12-16-17-13(19-12)10(15)8-4-2-1-3-5-8/h1-7,10H,15H2. The Kier molecular flexibility index (Phi) is 3.33. The molecule has 0 aliphatic carbocycles. The van der Waals surface area contributed by atoms with E-state index in [0.717, 1.165) is 16.1 Å². The van der Waals surface area contributed by atoms with Crippen LogP contribution in [0.1, 0.15) is 16.6 Å². The first-order valence-electron chi connectivity index (χ1n) is 5.63. The summed E-state index contributed by atoms with van der Waals surface area (Å²) >= 11 is 7.34. The third-order valence-electron chi connectivity index (χ3n) is 2.71. The lowest BCUT2D eigenvalue weighted by molar-refractivity contribution is 0.570. The minimum Gasteiger partial charge on any atom is -0.452 e. The lowest BCUT2D eigenvalue weighted by atomic mass is 10.1. The van der Waals surface area contributed by atoms with Crippen molar-refractivity contribution in [2.75, 3.05) is 0 Å². The van der Waals surface area contributed by atoms with E-state index in [4.69, 9.17) is 21.8 Å². The monoisotopic (exact) mass is 291 g/mol. The van der Waals surface area contributed by atoms with Crippen LogP contribution in [0.4, 0.5) is 0 Å². The molecule has 1 unspecified atom stereocenters. The zero-order valence-electron chi connectivity index (χ0n) is 9.79. The lowest BCUT2D eigenvalue weighted by Crippen LogP contribution is -2.11. The summed E-state index contributed by atoms with van der Waals surface area (Å²) in [6, 6.07) is 11.3. The largest absolute Gasteiger partial charge is 0.452 e. The van der Waals surface area contributed by atoms with Gasteiger partial charge in [-0.1, -0.05) is 41.7 Å². The Labute approximate surface area is 118 Å². The van der Waals surface area contributed by atoms with E-state index in [1.54, 1.807) is 6.07 Å². The number of rotatable bonds is 3. The van der Waals surface area contributed by atoms with Gasteiger partial charge >= 0.3 is 0 Å². The molecular formula is C13H10ClN3OS.